The van der Waals surface area contributed by atoms with Crippen LogP contribution >= 0.6 is 11.6 Å². The van der Waals surface area contributed by atoms with Gasteiger partial charge in [-0.2, -0.15) is 23.5 Å². The van der Waals surface area contributed by atoms with Gasteiger partial charge in [0.1, 0.15) is 17.3 Å². The van der Waals surface area contributed by atoms with Gasteiger partial charge in [0.2, 0.25) is 0 Å². The van der Waals surface area contributed by atoms with Crippen molar-refractivity contribution in [3.05, 3.63) is 59.1 Å². The van der Waals surface area contributed by atoms with Crippen molar-refractivity contribution in [2.24, 2.45) is 5.14 Å². The van der Waals surface area contributed by atoms with Gasteiger partial charge in [-0.25, -0.2) is 18.6 Å². The second kappa shape index (κ2) is 9.23. The van der Waals surface area contributed by atoms with Crippen LogP contribution < -0.4 is 19.9 Å². The highest BCUT2D eigenvalue weighted by atomic mass is 35.5. The molecule has 0 spiro atoms. The monoisotopic (exact) mass is 495 g/mol. The van der Waals surface area contributed by atoms with E-state index in [2.05, 4.69) is 30.2 Å². The molecule has 4 rings (SSSR count). The maximum atomic E-state index is 14.0. The number of halogens is 3. The summed E-state index contributed by atoms with van der Waals surface area (Å²) in [5.41, 5.74) is 1.26. The number of rotatable bonds is 8. The van der Waals surface area contributed by atoms with Crippen LogP contribution in [0.5, 0.6) is 11.8 Å². The van der Waals surface area contributed by atoms with Gasteiger partial charge >= 0.3 is 6.01 Å². The zero-order chi connectivity index (χ0) is 23.6. The number of hydrogen-bond donors (Lipinski definition) is 4. The van der Waals surface area contributed by atoms with Crippen LogP contribution in [0.2, 0.25) is 5.02 Å². The number of aromatic nitrogens is 4. The number of nitrogens with one attached hydrogen (secondary N) is 3. The van der Waals surface area contributed by atoms with E-state index in [4.69, 9.17) is 21.5 Å². The molecule has 0 aliphatic carbocycles. The molecule has 5 N–H and O–H groups in total. The quantitative estimate of drug-likeness (QED) is 0.275. The van der Waals surface area contributed by atoms with E-state index in [0.717, 1.165) is 12.1 Å². The minimum atomic E-state index is -3.88. The largest absolute Gasteiger partial charge is 0.421 e. The lowest BCUT2D eigenvalue weighted by molar-refractivity contribution is 0.410. The van der Waals surface area contributed by atoms with Gasteiger partial charge in [0.15, 0.2) is 17.2 Å². The third-order valence-electron chi connectivity index (χ3n) is 4.34. The number of benzene rings is 2. The lowest BCUT2D eigenvalue weighted by Crippen LogP contribution is -2.34. The van der Waals surface area contributed by atoms with Crippen LogP contribution in [0.25, 0.3) is 22.3 Å². The van der Waals surface area contributed by atoms with Crippen molar-refractivity contribution in [2.45, 2.75) is 0 Å². The molecule has 2 aromatic heterocycles. The number of nitrogens with zero attached hydrogens (tertiary/aromatic N) is 3. The Bertz CT molecular complexity index is 1430. The van der Waals surface area contributed by atoms with Crippen molar-refractivity contribution >= 4 is 38.7 Å². The van der Waals surface area contributed by atoms with Crippen molar-refractivity contribution in [2.75, 3.05) is 18.4 Å². The average Bonchev–Trinajstić information content (AvgIpc) is 3.17. The van der Waals surface area contributed by atoms with E-state index in [1.807, 2.05) is 0 Å². The Balaban J connectivity index is 1.74. The molecular weight excluding hydrogens is 480 g/mol. The van der Waals surface area contributed by atoms with Gasteiger partial charge in [-0.05, 0) is 18.2 Å². The van der Waals surface area contributed by atoms with Gasteiger partial charge in [0, 0.05) is 24.7 Å². The zero-order valence-corrected chi connectivity index (χ0v) is 18.2. The molecule has 0 radical (unpaired) electrons. The number of fused-ring (bicyclic) bond motifs is 1. The van der Waals surface area contributed by atoms with Crippen LogP contribution in [-0.2, 0) is 10.2 Å². The number of anilines is 1. The fourth-order valence-corrected chi connectivity index (χ4v) is 3.57. The summed E-state index contributed by atoms with van der Waals surface area (Å²) < 4.78 is 57.0. The Morgan fingerprint density at radius 1 is 1.12 bits per heavy atom. The molecule has 172 valence electrons. The Morgan fingerprint density at radius 3 is 2.64 bits per heavy atom. The van der Waals surface area contributed by atoms with E-state index in [9.17, 15) is 17.2 Å². The first-order valence-electron chi connectivity index (χ1n) is 9.36. The molecule has 10 nitrogen and oxygen atoms in total. The fourth-order valence-electron chi connectivity index (χ4n) is 2.96. The number of hydrogen-bond acceptors (Lipinski definition) is 7. The second-order valence-corrected chi connectivity index (χ2v) is 8.46. The normalized spacial score (nSPS) is 11.6. The average molecular weight is 496 g/mol. The second-order valence-electron chi connectivity index (χ2n) is 6.67. The van der Waals surface area contributed by atoms with E-state index in [1.54, 1.807) is 24.3 Å². The molecule has 0 fully saturated rings. The molecule has 0 bridgehead atoms. The molecule has 4 aromatic rings. The topological polar surface area (TPSA) is 148 Å². The Labute approximate surface area is 191 Å². The summed E-state index contributed by atoms with van der Waals surface area (Å²) in [4.78, 5) is 8.48. The van der Waals surface area contributed by atoms with Crippen LogP contribution in [0.1, 0.15) is 0 Å². The van der Waals surface area contributed by atoms with E-state index in [1.165, 1.54) is 0 Å². The fraction of sp³-hybridized carbons (Fsp3) is 0.105. The first-order valence-corrected chi connectivity index (χ1v) is 11.3. The lowest BCUT2D eigenvalue weighted by atomic mass is 10.1. The SMILES string of the molecule is NS(=O)(=O)NCCNc1nc(Oc2ccc(F)cc2F)nc2[nH]nc(-c3ccccc3Cl)c12. The van der Waals surface area contributed by atoms with Gasteiger partial charge in [-0.15, -0.1) is 0 Å². The molecule has 33 heavy (non-hydrogen) atoms. The number of H-pyrrole nitrogens is 1. The predicted octanol–water partition coefficient (Wildman–Crippen LogP) is 2.95. The molecule has 14 heteroatoms. The van der Waals surface area contributed by atoms with Crippen LogP contribution in [0, 0.1) is 11.6 Å². The summed E-state index contributed by atoms with van der Waals surface area (Å²) in [6, 6.07) is 9.52. The summed E-state index contributed by atoms with van der Waals surface area (Å²) >= 11 is 6.31. The van der Waals surface area contributed by atoms with Crippen LogP contribution in [0.4, 0.5) is 14.6 Å². The first kappa shape index (κ1) is 22.8. The van der Waals surface area contributed by atoms with Gasteiger partial charge in [-0.1, -0.05) is 29.8 Å². The van der Waals surface area contributed by atoms with Crippen molar-refractivity contribution in [3.63, 3.8) is 0 Å². The summed E-state index contributed by atoms with van der Waals surface area (Å²) in [7, 11) is -3.88. The number of aromatic amines is 1. The van der Waals surface area contributed by atoms with Crippen molar-refractivity contribution in [3.8, 4) is 23.0 Å². The van der Waals surface area contributed by atoms with E-state index in [0.29, 0.717) is 27.7 Å². The highest BCUT2D eigenvalue weighted by Gasteiger charge is 2.20. The lowest BCUT2D eigenvalue weighted by Gasteiger charge is -2.11. The minimum Gasteiger partial charge on any atom is -0.421 e. The molecule has 2 heterocycles. The summed E-state index contributed by atoms with van der Waals surface area (Å²) in [5, 5.41) is 15.8. The van der Waals surface area contributed by atoms with E-state index in [-0.39, 0.29) is 36.3 Å². The molecule has 2 aromatic carbocycles. The Kier molecular flexibility index (Phi) is 6.37. The standard InChI is InChI=1S/C19H16ClF2N7O3S/c20-12-4-2-1-3-11(12)16-15-17(24-7-8-25-33(23,30)31)26-19(27-18(15)29-28-16)32-14-6-5-10(21)9-13(14)22/h1-6,9,25H,7-8H2,(H2,23,30,31)(H2,24,26,27,28,29). The van der Waals surface area contributed by atoms with Crippen molar-refractivity contribution < 1.29 is 21.9 Å². The van der Waals surface area contributed by atoms with E-state index < -0.39 is 21.8 Å². The third-order valence-corrected chi connectivity index (χ3v) is 5.28. The maximum absolute atomic E-state index is 14.0. The van der Waals surface area contributed by atoms with Gasteiger partial charge < -0.3 is 10.1 Å². The van der Waals surface area contributed by atoms with Crippen molar-refractivity contribution in [1.82, 2.24) is 24.9 Å². The van der Waals surface area contributed by atoms with Gasteiger partial charge in [0.25, 0.3) is 10.2 Å². The third kappa shape index (κ3) is 5.34. The summed E-state index contributed by atoms with van der Waals surface area (Å²) in [5.74, 6) is -1.79. The first-order chi connectivity index (χ1) is 15.7. The Hall–Kier alpha value is -3.39. The molecule has 0 amide bonds. The Morgan fingerprint density at radius 2 is 1.91 bits per heavy atom. The predicted molar refractivity (Wildman–Crippen MR) is 118 cm³/mol. The highest BCUT2D eigenvalue weighted by molar-refractivity contribution is 7.87. The molecule has 0 unspecified atom stereocenters. The molecule has 0 saturated carbocycles. The molecule has 0 saturated heterocycles. The number of ether oxygens (including phenoxy) is 1. The van der Waals surface area contributed by atoms with Crippen LogP contribution in [0.3, 0.4) is 0 Å². The molecule has 0 aliphatic heterocycles. The molecule has 0 aliphatic rings. The molecular formula is C19H16ClF2N7O3S. The summed E-state index contributed by atoms with van der Waals surface area (Å²) in [6.45, 7) is 0.0341. The van der Waals surface area contributed by atoms with E-state index >= 15 is 0 Å². The minimum absolute atomic E-state index is 0.0492. The number of nitrogens with two attached hydrogens (primary N) is 1. The maximum Gasteiger partial charge on any atom is 0.326 e. The highest BCUT2D eigenvalue weighted by Crippen LogP contribution is 2.35. The smallest absolute Gasteiger partial charge is 0.326 e. The summed E-state index contributed by atoms with van der Waals surface area (Å²) in [6.07, 6.45) is 0. The van der Waals surface area contributed by atoms with Gasteiger partial charge in [-0.3, -0.25) is 5.10 Å². The zero-order valence-electron chi connectivity index (χ0n) is 16.6. The van der Waals surface area contributed by atoms with Gasteiger partial charge in [0.05, 0.1) is 10.4 Å². The van der Waals surface area contributed by atoms with Crippen LogP contribution in [-0.4, -0.2) is 41.7 Å². The van der Waals surface area contributed by atoms with Crippen molar-refractivity contribution in [1.29, 1.82) is 0 Å². The van der Waals surface area contributed by atoms with Crippen LogP contribution in [0.15, 0.2) is 42.5 Å². The molecule has 0 atom stereocenters.